The van der Waals surface area contributed by atoms with E-state index in [1.165, 1.54) is 0 Å². The lowest BCUT2D eigenvalue weighted by molar-refractivity contribution is 0.0219. The topological polar surface area (TPSA) is 38.3 Å². The number of carbonyl (C=O) groups is 1. The van der Waals surface area contributed by atoms with Gasteiger partial charge in [-0.25, -0.2) is 9.18 Å². The maximum Gasteiger partial charge on any atom is 0.408 e. The first-order valence-electron chi connectivity index (χ1n) is 7.90. The smallest absolute Gasteiger partial charge is 0.408 e. The van der Waals surface area contributed by atoms with Gasteiger partial charge in [0.25, 0.3) is 0 Å². The molecule has 3 nitrogen and oxygen atoms in total. The second-order valence-corrected chi connectivity index (χ2v) is 8.23. The highest BCUT2D eigenvalue weighted by atomic mass is 19.1. The number of hydrogen-bond acceptors (Lipinski definition) is 2. The third kappa shape index (κ3) is 2.79. The summed E-state index contributed by atoms with van der Waals surface area (Å²) in [5, 5.41) is 3.11. The van der Waals surface area contributed by atoms with E-state index < -0.39 is 11.8 Å². The molecule has 4 aliphatic carbocycles. The minimum absolute atomic E-state index is 0.135. The quantitative estimate of drug-likeness (QED) is 0.794. The first-order valence-corrected chi connectivity index (χ1v) is 7.90. The molecule has 0 heterocycles. The standard InChI is InChI=1S/C16H26FNO2/c1-15(2,3)20-14(19)18-16-7-10-4-11(8-16)6-13(17)12(5-10)9-16/h10-13H,4-9H2,1-3H3,(H,18,19). The molecule has 4 aliphatic rings. The van der Waals surface area contributed by atoms with Crippen molar-refractivity contribution in [2.24, 2.45) is 17.8 Å². The summed E-state index contributed by atoms with van der Waals surface area (Å²) in [6.07, 6.45) is 4.57. The fraction of sp³-hybridized carbons (Fsp3) is 0.938. The lowest BCUT2D eigenvalue weighted by Gasteiger charge is -2.48. The third-order valence-electron chi connectivity index (χ3n) is 5.15. The molecule has 1 amide bonds. The lowest BCUT2D eigenvalue weighted by atomic mass is 9.63. The van der Waals surface area contributed by atoms with Crippen molar-refractivity contribution in [3.63, 3.8) is 0 Å². The SMILES string of the molecule is CC(C)(C)OC(=O)NC12CC3CC(CC(C1)C(F)C3)C2. The number of alkyl carbamates (subject to hydrolysis) is 1. The number of nitrogens with one attached hydrogen (secondary N) is 1. The molecule has 0 spiro atoms. The highest BCUT2D eigenvalue weighted by Gasteiger charge is 2.52. The molecule has 4 saturated carbocycles. The third-order valence-corrected chi connectivity index (χ3v) is 5.15. The summed E-state index contributed by atoms with van der Waals surface area (Å²) in [5.41, 5.74) is -0.690. The van der Waals surface area contributed by atoms with Gasteiger partial charge in [0.2, 0.25) is 0 Å². The molecule has 0 aromatic heterocycles. The van der Waals surface area contributed by atoms with Crippen LogP contribution >= 0.6 is 0 Å². The molecule has 4 heteroatoms. The van der Waals surface area contributed by atoms with E-state index in [0.717, 1.165) is 32.1 Å². The van der Waals surface area contributed by atoms with Gasteiger partial charge in [-0.2, -0.15) is 0 Å². The monoisotopic (exact) mass is 283 g/mol. The van der Waals surface area contributed by atoms with Gasteiger partial charge in [0.1, 0.15) is 11.8 Å². The molecule has 0 aliphatic heterocycles. The van der Waals surface area contributed by atoms with Crippen LogP contribution in [0.5, 0.6) is 0 Å². The van der Waals surface area contributed by atoms with Crippen molar-refractivity contribution in [1.82, 2.24) is 5.32 Å². The zero-order chi connectivity index (χ0) is 14.5. The molecule has 0 aromatic carbocycles. The Labute approximate surface area is 120 Å². The fourth-order valence-electron chi connectivity index (χ4n) is 4.83. The molecular formula is C16H26FNO2. The Morgan fingerprint density at radius 1 is 1.15 bits per heavy atom. The summed E-state index contributed by atoms with van der Waals surface area (Å²) in [4.78, 5) is 12.1. The molecule has 20 heavy (non-hydrogen) atoms. The largest absolute Gasteiger partial charge is 0.444 e. The zero-order valence-corrected chi connectivity index (χ0v) is 12.7. The molecule has 5 atom stereocenters. The van der Waals surface area contributed by atoms with E-state index in [4.69, 9.17) is 4.74 Å². The minimum atomic E-state index is -0.674. The zero-order valence-electron chi connectivity index (χ0n) is 12.7. The number of halogens is 1. The Morgan fingerprint density at radius 2 is 1.80 bits per heavy atom. The van der Waals surface area contributed by atoms with E-state index in [1.54, 1.807) is 0 Å². The Bertz CT molecular complexity index is 406. The minimum Gasteiger partial charge on any atom is -0.444 e. The average Bonchev–Trinajstić information content (AvgIpc) is 2.37. The van der Waals surface area contributed by atoms with E-state index in [1.807, 2.05) is 20.8 Å². The Kier molecular flexibility index (Phi) is 3.26. The van der Waals surface area contributed by atoms with Gasteiger partial charge in [-0.1, -0.05) is 0 Å². The highest BCUT2D eigenvalue weighted by Crippen LogP contribution is 2.54. The first-order chi connectivity index (χ1) is 9.25. The Morgan fingerprint density at radius 3 is 2.45 bits per heavy atom. The molecule has 0 saturated heterocycles. The molecular weight excluding hydrogens is 257 g/mol. The van der Waals surface area contributed by atoms with Gasteiger partial charge in [0.05, 0.1) is 0 Å². The van der Waals surface area contributed by atoms with E-state index in [-0.39, 0.29) is 17.6 Å². The van der Waals surface area contributed by atoms with Gasteiger partial charge in [0, 0.05) is 5.54 Å². The van der Waals surface area contributed by atoms with Gasteiger partial charge < -0.3 is 10.1 Å². The van der Waals surface area contributed by atoms with Crippen molar-refractivity contribution < 1.29 is 13.9 Å². The normalized spacial score (nSPS) is 43.2. The number of fused-ring (bicyclic) bond motifs is 1. The van der Waals surface area contributed by atoms with Crippen LogP contribution in [0.2, 0.25) is 0 Å². The summed E-state index contributed by atoms with van der Waals surface area (Å²) in [6.45, 7) is 5.61. The van der Waals surface area contributed by atoms with Crippen LogP contribution in [0.3, 0.4) is 0 Å². The second kappa shape index (κ2) is 4.60. The van der Waals surface area contributed by atoms with Crippen molar-refractivity contribution in [3.8, 4) is 0 Å². The van der Waals surface area contributed by atoms with E-state index in [9.17, 15) is 9.18 Å². The number of amides is 1. The van der Waals surface area contributed by atoms with Crippen LogP contribution in [-0.4, -0.2) is 23.4 Å². The van der Waals surface area contributed by atoms with Crippen LogP contribution in [-0.2, 0) is 4.74 Å². The van der Waals surface area contributed by atoms with Crippen LogP contribution in [0.4, 0.5) is 9.18 Å². The number of ether oxygens (including phenoxy) is 1. The van der Waals surface area contributed by atoms with Crippen molar-refractivity contribution >= 4 is 6.09 Å². The van der Waals surface area contributed by atoms with E-state index in [0.29, 0.717) is 18.3 Å². The van der Waals surface area contributed by atoms with E-state index in [2.05, 4.69) is 5.32 Å². The first kappa shape index (κ1) is 14.2. The van der Waals surface area contributed by atoms with Crippen molar-refractivity contribution in [1.29, 1.82) is 0 Å². The summed E-state index contributed by atoms with van der Waals surface area (Å²) in [5.74, 6) is 1.16. The summed E-state index contributed by atoms with van der Waals surface area (Å²) < 4.78 is 19.6. The van der Waals surface area contributed by atoms with Crippen molar-refractivity contribution in [2.75, 3.05) is 0 Å². The highest BCUT2D eigenvalue weighted by molar-refractivity contribution is 5.69. The lowest BCUT2D eigenvalue weighted by Crippen LogP contribution is -2.56. The molecule has 4 bridgehead atoms. The molecule has 114 valence electrons. The average molecular weight is 283 g/mol. The molecule has 4 rings (SSSR count). The van der Waals surface area contributed by atoms with Crippen LogP contribution in [0.25, 0.3) is 0 Å². The summed E-state index contributed by atoms with van der Waals surface area (Å²) >= 11 is 0. The van der Waals surface area contributed by atoms with Crippen molar-refractivity contribution in [3.05, 3.63) is 0 Å². The number of alkyl halides is 1. The van der Waals surface area contributed by atoms with Crippen molar-refractivity contribution in [2.45, 2.75) is 76.6 Å². The second-order valence-electron chi connectivity index (χ2n) is 8.23. The van der Waals surface area contributed by atoms with Crippen LogP contribution < -0.4 is 5.32 Å². The maximum absolute atomic E-state index is 14.2. The molecule has 0 radical (unpaired) electrons. The molecule has 0 aromatic rings. The Balaban J connectivity index is 1.74. The van der Waals surface area contributed by atoms with Gasteiger partial charge in [0.15, 0.2) is 0 Å². The van der Waals surface area contributed by atoms with Crippen LogP contribution in [0, 0.1) is 17.8 Å². The number of hydrogen-bond donors (Lipinski definition) is 1. The van der Waals surface area contributed by atoms with Crippen LogP contribution in [0.15, 0.2) is 0 Å². The van der Waals surface area contributed by atoms with Gasteiger partial charge in [-0.15, -0.1) is 0 Å². The van der Waals surface area contributed by atoms with Crippen LogP contribution in [0.1, 0.15) is 59.3 Å². The number of rotatable bonds is 1. The molecule has 4 fully saturated rings. The van der Waals surface area contributed by atoms with E-state index >= 15 is 0 Å². The fourth-order valence-corrected chi connectivity index (χ4v) is 4.83. The summed E-state index contributed by atoms with van der Waals surface area (Å²) in [7, 11) is 0. The molecule has 1 N–H and O–H groups in total. The molecule has 5 unspecified atom stereocenters. The maximum atomic E-state index is 14.2. The number of carbonyl (C=O) groups excluding carboxylic acids is 1. The predicted octanol–water partition coefficient (Wildman–Crippen LogP) is 3.82. The summed E-state index contributed by atoms with van der Waals surface area (Å²) in [6, 6.07) is 0. The Hall–Kier alpha value is -0.800. The van der Waals surface area contributed by atoms with Gasteiger partial charge >= 0.3 is 6.09 Å². The van der Waals surface area contributed by atoms with Gasteiger partial charge in [-0.05, 0) is 77.0 Å². The predicted molar refractivity (Wildman–Crippen MR) is 75.2 cm³/mol. The van der Waals surface area contributed by atoms with Gasteiger partial charge in [-0.3, -0.25) is 0 Å².